The van der Waals surface area contributed by atoms with Crippen molar-refractivity contribution in [2.24, 2.45) is 0 Å². The molecule has 100 valence electrons. The molecule has 0 amide bonds. The Labute approximate surface area is 109 Å². The van der Waals surface area contributed by atoms with Gasteiger partial charge in [-0.3, -0.25) is 4.98 Å². The van der Waals surface area contributed by atoms with Gasteiger partial charge in [0, 0.05) is 12.7 Å². The molecule has 1 aromatic rings. The van der Waals surface area contributed by atoms with E-state index in [1.807, 2.05) is 12.1 Å². The highest BCUT2D eigenvalue weighted by atomic mass is 16.5. The number of nitrogens with one attached hydrogen (secondary N) is 1. The SMILES string of the molecule is CCCNCC1CCC(COc2cccnc2)O1. The van der Waals surface area contributed by atoms with Crippen LogP contribution in [0.5, 0.6) is 5.75 Å². The van der Waals surface area contributed by atoms with Gasteiger partial charge < -0.3 is 14.8 Å². The summed E-state index contributed by atoms with van der Waals surface area (Å²) >= 11 is 0. The largest absolute Gasteiger partial charge is 0.489 e. The Balaban J connectivity index is 1.64. The van der Waals surface area contributed by atoms with Gasteiger partial charge >= 0.3 is 0 Å². The third-order valence-corrected chi connectivity index (χ3v) is 3.06. The number of hydrogen-bond acceptors (Lipinski definition) is 4. The molecule has 0 saturated carbocycles. The van der Waals surface area contributed by atoms with Crippen molar-refractivity contribution in [1.82, 2.24) is 10.3 Å². The van der Waals surface area contributed by atoms with Gasteiger partial charge in [0.1, 0.15) is 12.4 Å². The van der Waals surface area contributed by atoms with E-state index in [0.717, 1.165) is 31.7 Å². The molecule has 1 aliphatic heterocycles. The van der Waals surface area contributed by atoms with Crippen LogP contribution in [0.2, 0.25) is 0 Å². The van der Waals surface area contributed by atoms with E-state index in [-0.39, 0.29) is 6.10 Å². The van der Waals surface area contributed by atoms with E-state index in [9.17, 15) is 0 Å². The topological polar surface area (TPSA) is 43.4 Å². The van der Waals surface area contributed by atoms with Gasteiger partial charge in [0.25, 0.3) is 0 Å². The molecule has 2 unspecified atom stereocenters. The summed E-state index contributed by atoms with van der Waals surface area (Å²) in [5.41, 5.74) is 0. The molecule has 0 bridgehead atoms. The lowest BCUT2D eigenvalue weighted by molar-refractivity contribution is 0.0186. The first kappa shape index (κ1) is 13.3. The van der Waals surface area contributed by atoms with Crippen molar-refractivity contribution in [1.29, 1.82) is 0 Å². The van der Waals surface area contributed by atoms with Crippen LogP contribution in [0, 0.1) is 0 Å². The monoisotopic (exact) mass is 250 g/mol. The smallest absolute Gasteiger partial charge is 0.137 e. The number of pyridine rings is 1. The molecule has 2 rings (SSSR count). The summed E-state index contributed by atoms with van der Waals surface area (Å²) in [6.07, 6.45) is 7.41. The minimum Gasteiger partial charge on any atom is -0.489 e. The Hall–Kier alpha value is -1.13. The summed E-state index contributed by atoms with van der Waals surface area (Å²) in [4.78, 5) is 4.02. The third kappa shape index (κ3) is 4.27. The highest BCUT2D eigenvalue weighted by Gasteiger charge is 2.25. The summed E-state index contributed by atoms with van der Waals surface area (Å²) < 4.78 is 11.6. The molecule has 1 fully saturated rings. The zero-order valence-electron chi connectivity index (χ0n) is 11.0. The Morgan fingerprint density at radius 1 is 1.44 bits per heavy atom. The fourth-order valence-electron chi connectivity index (χ4n) is 2.11. The number of ether oxygens (including phenoxy) is 2. The van der Waals surface area contributed by atoms with E-state index in [1.54, 1.807) is 12.4 Å². The van der Waals surface area contributed by atoms with Gasteiger partial charge in [-0.2, -0.15) is 0 Å². The van der Waals surface area contributed by atoms with Crippen LogP contribution >= 0.6 is 0 Å². The summed E-state index contributed by atoms with van der Waals surface area (Å²) in [6, 6.07) is 3.80. The zero-order valence-corrected chi connectivity index (χ0v) is 11.0. The van der Waals surface area contributed by atoms with Crippen molar-refractivity contribution in [3.8, 4) is 5.75 Å². The summed E-state index contributed by atoms with van der Waals surface area (Å²) in [5.74, 6) is 0.814. The highest BCUT2D eigenvalue weighted by molar-refractivity contribution is 5.15. The van der Waals surface area contributed by atoms with Gasteiger partial charge in [0.15, 0.2) is 0 Å². The lowest BCUT2D eigenvalue weighted by Gasteiger charge is -2.14. The first-order valence-electron chi connectivity index (χ1n) is 6.77. The van der Waals surface area contributed by atoms with E-state index in [4.69, 9.17) is 9.47 Å². The molecule has 0 radical (unpaired) electrons. The Bertz CT molecular complexity index is 332. The van der Waals surface area contributed by atoms with Crippen molar-refractivity contribution in [2.45, 2.75) is 38.4 Å². The van der Waals surface area contributed by atoms with Gasteiger partial charge in [0.2, 0.25) is 0 Å². The molecule has 1 N–H and O–H groups in total. The fraction of sp³-hybridized carbons (Fsp3) is 0.643. The van der Waals surface area contributed by atoms with Gasteiger partial charge in [-0.05, 0) is 37.9 Å². The average Bonchev–Trinajstić information content (AvgIpc) is 2.86. The fourth-order valence-corrected chi connectivity index (χ4v) is 2.11. The van der Waals surface area contributed by atoms with Crippen molar-refractivity contribution < 1.29 is 9.47 Å². The van der Waals surface area contributed by atoms with E-state index < -0.39 is 0 Å². The van der Waals surface area contributed by atoms with Crippen molar-refractivity contribution in [2.75, 3.05) is 19.7 Å². The molecule has 1 saturated heterocycles. The summed E-state index contributed by atoms with van der Waals surface area (Å²) in [7, 11) is 0. The molecule has 2 atom stereocenters. The second kappa shape index (κ2) is 7.34. The van der Waals surface area contributed by atoms with Gasteiger partial charge in [0.05, 0.1) is 18.4 Å². The molecule has 0 aromatic carbocycles. The zero-order chi connectivity index (χ0) is 12.6. The van der Waals surface area contributed by atoms with E-state index >= 15 is 0 Å². The Morgan fingerprint density at radius 3 is 3.11 bits per heavy atom. The van der Waals surface area contributed by atoms with Crippen molar-refractivity contribution >= 4 is 0 Å². The number of nitrogens with zero attached hydrogens (tertiary/aromatic N) is 1. The number of aromatic nitrogens is 1. The standard InChI is InChI=1S/C14H22N2O2/c1-2-7-15-10-13-5-6-14(18-13)11-17-12-4-3-8-16-9-12/h3-4,8-9,13-15H,2,5-7,10-11H2,1H3. The normalized spacial score (nSPS) is 23.2. The van der Waals surface area contributed by atoms with Crippen LogP contribution in [0.1, 0.15) is 26.2 Å². The van der Waals surface area contributed by atoms with Crippen LogP contribution in [-0.2, 0) is 4.74 Å². The molecule has 0 spiro atoms. The Kier molecular flexibility index (Phi) is 5.42. The maximum atomic E-state index is 5.92. The molecule has 0 aliphatic carbocycles. The third-order valence-electron chi connectivity index (χ3n) is 3.06. The van der Waals surface area contributed by atoms with Crippen LogP contribution in [0.15, 0.2) is 24.5 Å². The number of rotatable bonds is 7. The first-order valence-corrected chi connectivity index (χ1v) is 6.77. The summed E-state index contributed by atoms with van der Waals surface area (Å²) in [6.45, 7) is 4.82. The summed E-state index contributed by atoms with van der Waals surface area (Å²) in [5, 5.41) is 3.40. The predicted octanol–water partition coefficient (Wildman–Crippen LogP) is 2.01. The molecular formula is C14H22N2O2. The minimum absolute atomic E-state index is 0.221. The maximum Gasteiger partial charge on any atom is 0.137 e. The first-order chi connectivity index (χ1) is 8.88. The molecule has 4 heteroatoms. The van der Waals surface area contributed by atoms with Crippen LogP contribution in [0.3, 0.4) is 0 Å². The molecule has 4 nitrogen and oxygen atoms in total. The van der Waals surface area contributed by atoms with Gasteiger partial charge in [-0.15, -0.1) is 0 Å². The van der Waals surface area contributed by atoms with E-state index in [2.05, 4.69) is 17.2 Å². The second-order valence-electron chi connectivity index (χ2n) is 4.66. The number of hydrogen-bond donors (Lipinski definition) is 1. The molecular weight excluding hydrogens is 228 g/mol. The van der Waals surface area contributed by atoms with Crippen LogP contribution in [0.25, 0.3) is 0 Å². The van der Waals surface area contributed by atoms with E-state index in [1.165, 1.54) is 6.42 Å². The second-order valence-corrected chi connectivity index (χ2v) is 4.66. The lowest BCUT2D eigenvalue weighted by atomic mass is 10.2. The Morgan fingerprint density at radius 2 is 2.33 bits per heavy atom. The maximum absolute atomic E-state index is 5.92. The van der Waals surface area contributed by atoms with Crippen LogP contribution in [0.4, 0.5) is 0 Å². The highest BCUT2D eigenvalue weighted by Crippen LogP contribution is 2.20. The molecule has 1 aliphatic rings. The minimum atomic E-state index is 0.221. The quantitative estimate of drug-likeness (QED) is 0.752. The van der Waals surface area contributed by atoms with Crippen LogP contribution < -0.4 is 10.1 Å². The van der Waals surface area contributed by atoms with Crippen molar-refractivity contribution in [3.05, 3.63) is 24.5 Å². The van der Waals surface area contributed by atoms with Crippen molar-refractivity contribution in [3.63, 3.8) is 0 Å². The van der Waals surface area contributed by atoms with E-state index in [0.29, 0.717) is 12.7 Å². The average molecular weight is 250 g/mol. The van der Waals surface area contributed by atoms with Gasteiger partial charge in [-0.25, -0.2) is 0 Å². The molecule has 18 heavy (non-hydrogen) atoms. The predicted molar refractivity (Wildman–Crippen MR) is 70.8 cm³/mol. The van der Waals surface area contributed by atoms with Crippen LogP contribution in [-0.4, -0.2) is 36.9 Å². The lowest BCUT2D eigenvalue weighted by Crippen LogP contribution is -2.28. The molecule has 1 aromatic heterocycles. The molecule has 2 heterocycles. The van der Waals surface area contributed by atoms with Gasteiger partial charge in [-0.1, -0.05) is 6.92 Å².